The van der Waals surface area contributed by atoms with E-state index >= 15 is 0 Å². The molecule has 1 aromatic carbocycles. The van der Waals surface area contributed by atoms with Gasteiger partial charge in [-0.05, 0) is 31.7 Å². The molecule has 0 amide bonds. The van der Waals surface area contributed by atoms with Crippen LogP contribution in [-0.2, 0) is 6.42 Å². The molecular weight excluding hydrogens is 246 g/mol. The first-order valence-electron chi connectivity index (χ1n) is 7.52. The van der Waals surface area contributed by atoms with E-state index in [0.717, 1.165) is 30.2 Å². The number of aromatic nitrogens is 2. The van der Waals surface area contributed by atoms with Gasteiger partial charge in [0.25, 0.3) is 0 Å². The molecule has 0 atom stereocenters. The lowest BCUT2D eigenvalue weighted by Gasteiger charge is -2.09. The summed E-state index contributed by atoms with van der Waals surface area (Å²) in [6.45, 7) is 5.15. The van der Waals surface area contributed by atoms with Crippen LogP contribution >= 0.6 is 0 Å². The molecule has 3 heteroatoms. The lowest BCUT2D eigenvalue weighted by molar-refractivity contribution is 0.988. The van der Waals surface area contributed by atoms with Gasteiger partial charge in [-0.25, -0.2) is 9.97 Å². The van der Waals surface area contributed by atoms with Crippen molar-refractivity contribution in [2.24, 2.45) is 0 Å². The average Bonchev–Trinajstić information content (AvgIpc) is 3.32. The Balaban J connectivity index is 1.97. The van der Waals surface area contributed by atoms with E-state index in [1.165, 1.54) is 24.1 Å². The van der Waals surface area contributed by atoms with E-state index in [1.54, 1.807) is 0 Å². The Morgan fingerprint density at radius 1 is 1.10 bits per heavy atom. The number of hydrogen-bond donors (Lipinski definition) is 1. The molecule has 2 aromatic rings. The first kappa shape index (κ1) is 13.1. The van der Waals surface area contributed by atoms with Crippen molar-refractivity contribution in [2.75, 3.05) is 11.9 Å². The van der Waals surface area contributed by atoms with Crippen LogP contribution in [0.1, 0.15) is 43.9 Å². The van der Waals surface area contributed by atoms with Gasteiger partial charge in [0.05, 0.1) is 0 Å². The fourth-order valence-electron chi connectivity index (χ4n) is 2.34. The van der Waals surface area contributed by atoms with Crippen LogP contribution in [0.25, 0.3) is 11.4 Å². The summed E-state index contributed by atoms with van der Waals surface area (Å²) in [7, 11) is 0. The SMILES string of the molecule is CCNc1cc(C2CC2)nc(-c2ccc(CC)cc2)n1. The van der Waals surface area contributed by atoms with E-state index < -0.39 is 0 Å². The van der Waals surface area contributed by atoms with Crippen LogP contribution in [-0.4, -0.2) is 16.5 Å². The zero-order chi connectivity index (χ0) is 13.9. The highest BCUT2D eigenvalue weighted by Gasteiger charge is 2.26. The molecule has 0 aliphatic heterocycles. The third-order valence-corrected chi connectivity index (χ3v) is 3.72. The molecule has 0 saturated heterocycles. The van der Waals surface area contributed by atoms with Crippen LogP contribution in [0.15, 0.2) is 30.3 Å². The summed E-state index contributed by atoms with van der Waals surface area (Å²) < 4.78 is 0. The summed E-state index contributed by atoms with van der Waals surface area (Å²) in [6, 6.07) is 10.7. The first-order valence-corrected chi connectivity index (χ1v) is 7.52. The summed E-state index contributed by atoms with van der Waals surface area (Å²) in [4.78, 5) is 9.39. The van der Waals surface area contributed by atoms with Crippen molar-refractivity contribution in [1.29, 1.82) is 0 Å². The lowest BCUT2D eigenvalue weighted by atomic mass is 10.1. The molecule has 1 saturated carbocycles. The summed E-state index contributed by atoms with van der Waals surface area (Å²) >= 11 is 0. The summed E-state index contributed by atoms with van der Waals surface area (Å²) in [5, 5.41) is 3.31. The third kappa shape index (κ3) is 2.82. The molecule has 1 heterocycles. The Labute approximate surface area is 120 Å². The van der Waals surface area contributed by atoms with E-state index in [-0.39, 0.29) is 0 Å². The Hall–Kier alpha value is -1.90. The maximum atomic E-state index is 4.75. The molecule has 0 radical (unpaired) electrons. The monoisotopic (exact) mass is 267 g/mol. The Morgan fingerprint density at radius 3 is 2.45 bits per heavy atom. The number of nitrogens with one attached hydrogen (secondary N) is 1. The minimum atomic E-state index is 0.643. The molecule has 3 rings (SSSR count). The smallest absolute Gasteiger partial charge is 0.161 e. The molecule has 1 aromatic heterocycles. The van der Waals surface area contributed by atoms with Gasteiger partial charge in [0, 0.05) is 29.8 Å². The van der Waals surface area contributed by atoms with Gasteiger partial charge in [0.2, 0.25) is 0 Å². The standard InChI is InChI=1S/C17H21N3/c1-3-12-5-7-14(8-6-12)17-19-15(13-9-10-13)11-16(20-17)18-4-2/h5-8,11,13H,3-4,9-10H2,1-2H3,(H,18,19,20). The maximum Gasteiger partial charge on any atom is 0.161 e. The fourth-order valence-corrected chi connectivity index (χ4v) is 2.34. The van der Waals surface area contributed by atoms with E-state index in [4.69, 9.17) is 4.98 Å². The molecule has 1 fully saturated rings. The molecule has 3 nitrogen and oxygen atoms in total. The predicted octanol–water partition coefficient (Wildman–Crippen LogP) is 4.02. The van der Waals surface area contributed by atoms with E-state index in [9.17, 15) is 0 Å². The van der Waals surface area contributed by atoms with Gasteiger partial charge in [-0.15, -0.1) is 0 Å². The van der Waals surface area contributed by atoms with Gasteiger partial charge in [-0.3, -0.25) is 0 Å². The van der Waals surface area contributed by atoms with Crippen molar-refractivity contribution in [1.82, 2.24) is 9.97 Å². The van der Waals surface area contributed by atoms with Gasteiger partial charge < -0.3 is 5.32 Å². The van der Waals surface area contributed by atoms with Gasteiger partial charge in [-0.2, -0.15) is 0 Å². The van der Waals surface area contributed by atoms with Crippen LogP contribution in [0.4, 0.5) is 5.82 Å². The topological polar surface area (TPSA) is 37.8 Å². The van der Waals surface area contributed by atoms with Gasteiger partial charge >= 0.3 is 0 Å². The molecule has 1 aliphatic carbocycles. The highest BCUT2D eigenvalue weighted by Crippen LogP contribution is 2.40. The number of rotatable bonds is 5. The lowest BCUT2D eigenvalue weighted by Crippen LogP contribution is -2.03. The third-order valence-electron chi connectivity index (χ3n) is 3.72. The summed E-state index contributed by atoms with van der Waals surface area (Å²) in [5.74, 6) is 2.43. The van der Waals surface area contributed by atoms with Gasteiger partial charge in [0.1, 0.15) is 5.82 Å². The second-order valence-corrected chi connectivity index (χ2v) is 5.36. The van der Waals surface area contributed by atoms with Crippen molar-refractivity contribution in [3.63, 3.8) is 0 Å². The maximum absolute atomic E-state index is 4.75. The predicted molar refractivity (Wildman–Crippen MR) is 83.0 cm³/mol. The number of benzene rings is 1. The Bertz CT molecular complexity index is 586. The molecule has 1 aliphatic rings. The largest absolute Gasteiger partial charge is 0.370 e. The number of nitrogens with zero attached hydrogens (tertiary/aromatic N) is 2. The normalized spacial score (nSPS) is 14.3. The average molecular weight is 267 g/mol. The second-order valence-electron chi connectivity index (χ2n) is 5.36. The van der Waals surface area contributed by atoms with Crippen LogP contribution in [0.2, 0.25) is 0 Å². The van der Waals surface area contributed by atoms with Crippen LogP contribution in [0.5, 0.6) is 0 Å². The minimum absolute atomic E-state index is 0.643. The zero-order valence-corrected chi connectivity index (χ0v) is 12.2. The molecule has 0 bridgehead atoms. The molecular formula is C17H21N3. The van der Waals surface area contributed by atoms with Crippen molar-refractivity contribution in [2.45, 2.75) is 39.0 Å². The minimum Gasteiger partial charge on any atom is -0.370 e. The molecule has 0 unspecified atom stereocenters. The summed E-state index contributed by atoms with van der Waals surface area (Å²) in [5.41, 5.74) is 3.63. The Kier molecular flexibility index (Phi) is 3.68. The van der Waals surface area contributed by atoms with E-state index in [2.05, 4.69) is 54.5 Å². The highest BCUT2D eigenvalue weighted by molar-refractivity contribution is 5.58. The fraction of sp³-hybridized carbons (Fsp3) is 0.412. The van der Waals surface area contributed by atoms with Crippen LogP contribution in [0.3, 0.4) is 0 Å². The number of hydrogen-bond acceptors (Lipinski definition) is 3. The van der Waals surface area contributed by atoms with Crippen molar-refractivity contribution in [3.05, 3.63) is 41.6 Å². The molecule has 1 N–H and O–H groups in total. The van der Waals surface area contributed by atoms with Crippen molar-refractivity contribution in [3.8, 4) is 11.4 Å². The second kappa shape index (κ2) is 5.61. The van der Waals surface area contributed by atoms with E-state index in [1.807, 2.05) is 0 Å². The van der Waals surface area contributed by atoms with E-state index in [0.29, 0.717) is 5.92 Å². The summed E-state index contributed by atoms with van der Waals surface area (Å²) in [6.07, 6.45) is 3.58. The van der Waals surface area contributed by atoms with Crippen molar-refractivity contribution >= 4 is 5.82 Å². The van der Waals surface area contributed by atoms with Crippen molar-refractivity contribution < 1.29 is 0 Å². The quantitative estimate of drug-likeness (QED) is 0.889. The van der Waals surface area contributed by atoms with Crippen LogP contribution < -0.4 is 5.32 Å². The van der Waals surface area contributed by atoms with Gasteiger partial charge in [0.15, 0.2) is 5.82 Å². The molecule has 104 valence electrons. The molecule has 0 spiro atoms. The molecule has 20 heavy (non-hydrogen) atoms. The van der Waals surface area contributed by atoms with Gasteiger partial charge in [-0.1, -0.05) is 31.2 Å². The zero-order valence-electron chi connectivity index (χ0n) is 12.2. The highest BCUT2D eigenvalue weighted by atomic mass is 15.0. The van der Waals surface area contributed by atoms with Crippen LogP contribution in [0, 0.1) is 0 Å². The number of aryl methyl sites for hydroxylation is 1. The number of anilines is 1. The Morgan fingerprint density at radius 2 is 1.85 bits per heavy atom. The first-order chi connectivity index (χ1) is 9.80.